The van der Waals surface area contributed by atoms with Crippen LogP contribution >= 0.6 is 0 Å². The highest BCUT2D eigenvalue weighted by atomic mass is 16.5. The fourth-order valence-corrected chi connectivity index (χ4v) is 0.748. The van der Waals surface area contributed by atoms with E-state index < -0.39 is 12.1 Å². The molecule has 0 aromatic heterocycles. The van der Waals surface area contributed by atoms with Gasteiger partial charge in [-0.05, 0) is 11.8 Å². The molecule has 0 amide bonds. The standard InChI is InChI=1S/C9H19NO3/c1-9(2,3)4-5-13-7(6-10)8(11)12/h7H,4-6,10H2,1-3H3,(H,11,12). The van der Waals surface area contributed by atoms with Crippen LogP contribution in [0.1, 0.15) is 27.2 Å². The summed E-state index contributed by atoms with van der Waals surface area (Å²) in [5.41, 5.74) is 5.38. The number of hydrogen-bond acceptors (Lipinski definition) is 3. The topological polar surface area (TPSA) is 72.5 Å². The van der Waals surface area contributed by atoms with Crippen molar-refractivity contribution in [1.29, 1.82) is 0 Å². The van der Waals surface area contributed by atoms with E-state index in [4.69, 9.17) is 15.6 Å². The average Bonchev–Trinajstić information content (AvgIpc) is 1.95. The average molecular weight is 189 g/mol. The SMILES string of the molecule is CC(C)(C)CCOC(CN)C(=O)O. The lowest BCUT2D eigenvalue weighted by Crippen LogP contribution is -2.33. The number of rotatable bonds is 5. The molecule has 13 heavy (non-hydrogen) atoms. The summed E-state index contributed by atoms with van der Waals surface area (Å²) in [5.74, 6) is -0.989. The van der Waals surface area contributed by atoms with Crippen LogP contribution in [0, 0.1) is 5.41 Å². The second-order valence-electron chi connectivity index (χ2n) is 4.24. The second-order valence-corrected chi connectivity index (χ2v) is 4.24. The van der Waals surface area contributed by atoms with Crippen LogP contribution in [0.4, 0.5) is 0 Å². The molecule has 0 aliphatic carbocycles. The maximum Gasteiger partial charge on any atom is 0.334 e. The molecule has 0 rings (SSSR count). The first-order chi connectivity index (χ1) is 5.87. The normalized spacial score (nSPS) is 14.2. The lowest BCUT2D eigenvalue weighted by Gasteiger charge is -2.19. The van der Waals surface area contributed by atoms with Gasteiger partial charge in [0.15, 0.2) is 6.10 Å². The summed E-state index contributed by atoms with van der Waals surface area (Å²) in [6, 6.07) is 0. The summed E-state index contributed by atoms with van der Waals surface area (Å²) in [5, 5.41) is 8.60. The predicted octanol–water partition coefficient (Wildman–Crippen LogP) is 0.851. The van der Waals surface area contributed by atoms with Crippen molar-refractivity contribution in [2.75, 3.05) is 13.2 Å². The van der Waals surface area contributed by atoms with Crippen LogP contribution in [-0.2, 0) is 9.53 Å². The first kappa shape index (κ1) is 12.4. The van der Waals surface area contributed by atoms with E-state index >= 15 is 0 Å². The van der Waals surface area contributed by atoms with Gasteiger partial charge < -0.3 is 15.6 Å². The van der Waals surface area contributed by atoms with Crippen molar-refractivity contribution in [3.63, 3.8) is 0 Å². The van der Waals surface area contributed by atoms with Crippen LogP contribution < -0.4 is 5.73 Å². The first-order valence-corrected chi connectivity index (χ1v) is 4.41. The lowest BCUT2D eigenvalue weighted by atomic mass is 9.93. The number of nitrogens with two attached hydrogens (primary N) is 1. The zero-order valence-electron chi connectivity index (χ0n) is 8.54. The van der Waals surface area contributed by atoms with E-state index in [0.29, 0.717) is 6.61 Å². The van der Waals surface area contributed by atoms with Crippen LogP contribution in [0.2, 0.25) is 0 Å². The van der Waals surface area contributed by atoms with E-state index in [9.17, 15) is 4.79 Å². The molecule has 3 N–H and O–H groups in total. The number of ether oxygens (including phenoxy) is 1. The van der Waals surface area contributed by atoms with Gasteiger partial charge in [-0.2, -0.15) is 0 Å². The lowest BCUT2D eigenvalue weighted by molar-refractivity contribution is -0.150. The number of carboxylic acid groups (broad SMARTS) is 1. The van der Waals surface area contributed by atoms with Crippen LogP contribution in [0.3, 0.4) is 0 Å². The summed E-state index contributed by atoms with van der Waals surface area (Å²) in [7, 11) is 0. The Labute approximate surface area is 79.1 Å². The summed E-state index contributed by atoms with van der Waals surface area (Å²) in [4.78, 5) is 10.5. The third-order valence-corrected chi connectivity index (χ3v) is 1.66. The quantitative estimate of drug-likeness (QED) is 0.672. The largest absolute Gasteiger partial charge is 0.479 e. The predicted molar refractivity (Wildman–Crippen MR) is 50.5 cm³/mol. The highest BCUT2D eigenvalue weighted by Gasteiger charge is 2.17. The van der Waals surface area contributed by atoms with Crippen LogP contribution in [0.15, 0.2) is 0 Å². The minimum Gasteiger partial charge on any atom is -0.479 e. The number of hydrogen-bond donors (Lipinski definition) is 2. The summed E-state index contributed by atoms with van der Waals surface area (Å²) in [6.07, 6.45) is -0.0288. The minimum atomic E-state index is -0.989. The fraction of sp³-hybridized carbons (Fsp3) is 0.889. The molecule has 0 aromatic carbocycles. The zero-order chi connectivity index (χ0) is 10.5. The van der Waals surface area contributed by atoms with Gasteiger partial charge in [-0.1, -0.05) is 20.8 Å². The van der Waals surface area contributed by atoms with E-state index in [1.54, 1.807) is 0 Å². The Morgan fingerprint density at radius 1 is 1.54 bits per heavy atom. The smallest absolute Gasteiger partial charge is 0.334 e. The highest BCUT2D eigenvalue weighted by molar-refractivity contribution is 5.72. The van der Waals surface area contributed by atoms with Gasteiger partial charge in [0, 0.05) is 13.2 Å². The molecule has 4 heteroatoms. The van der Waals surface area contributed by atoms with E-state index in [-0.39, 0.29) is 12.0 Å². The second kappa shape index (κ2) is 5.19. The molecule has 0 aliphatic heterocycles. The summed E-state index contributed by atoms with van der Waals surface area (Å²) in [6.45, 7) is 6.70. The third-order valence-electron chi connectivity index (χ3n) is 1.66. The molecule has 4 nitrogen and oxygen atoms in total. The Bertz CT molecular complexity index is 163. The molecule has 1 atom stereocenters. The van der Waals surface area contributed by atoms with Crippen molar-refractivity contribution >= 4 is 5.97 Å². The molecule has 1 unspecified atom stereocenters. The Morgan fingerprint density at radius 3 is 2.38 bits per heavy atom. The number of carbonyl (C=O) groups is 1. The van der Waals surface area contributed by atoms with Gasteiger partial charge in [-0.25, -0.2) is 4.79 Å². The monoisotopic (exact) mass is 189 g/mol. The van der Waals surface area contributed by atoms with Crippen molar-refractivity contribution < 1.29 is 14.6 Å². The van der Waals surface area contributed by atoms with E-state index in [1.807, 2.05) is 0 Å². The van der Waals surface area contributed by atoms with Crippen LogP contribution in [0.5, 0.6) is 0 Å². The van der Waals surface area contributed by atoms with Gasteiger partial charge in [-0.3, -0.25) is 0 Å². The third kappa shape index (κ3) is 6.54. The molecule has 0 saturated carbocycles. The maximum atomic E-state index is 10.5. The van der Waals surface area contributed by atoms with Gasteiger partial charge >= 0.3 is 5.97 Å². The Balaban J connectivity index is 3.68. The molecule has 0 aliphatic rings. The van der Waals surface area contributed by atoms with Crippen molar-refractivity contribution in [2.45, 2.75) is 33.3 Å². The molecular weight excluding hydrogens is 170 g/mol. The molecule has 0 heterocycles. The van der Waals surface area contributed by atoms with Gasteiger partial charge in [0.25, 0.3) is 0 Å². The molecule has 0 radical (unpaired) electrons. The van der Waals surface area contributed by atoms with Crippen molar-refractivity contribution in [3.05, 3.63) is 0 Å². The van der Waals surface area contributed by atoms with Crippen LogP contribution in [0.25, 0.3) is 0 Å². The van der Waals surface area contributed by atoms with Crippen LogP contribution in [-0.4, -0.2) is 30.3 Å². The maximum absolute atomic E-state index is 10.5. The first-order valence-electron chi connectivity index (χ1n) is 4.41. The number of carboxylic acids is 1. The minimum absolute atomic E-state index is 0.0273. The van der Waals surface area contributed by atoms with Crippen molar-refractivity contribution in [2.24, 2.45) is 11.1 Å². The van der Waals surface area contributed by atoms with E-state index in [2.05, 4.69) is 20.8 Å². The molecular formula is C9H19NO3. The molecule has 0 spiro atoms. The zero-order valence-corrected chi connectivity index (χ0v) is 8.54. The van der Waals surface area contributed by atoms with Crippen molar-refractivity contribution in [3.8, 4) is 0 Å². The molecule has 0 bridgehead atoms. The van der Waals surface area contributed by atoms with Crippen molar-refractivity contribution in [1.82, 2.24) is 0 Å². The molecule has 78 valence electrons. The van der Waals surface area contributed by atoms with Gasteiger partial charge in [0.2, 0.25) is 0 Å². The summed E-state index contributed by atoms with van der Waals surface area (Å²) >= 11 is 0. The Kier molecular flexibility index (Phi) is 4.95. The van der Waals surface area contributed by atoms with Gasteiger partial charge in [-0.15, -0.1) is 0 Å². The molecule has 0 aromatic rings. The fourth-order valence-electron chi connectivity index (χ4n) is 0.748. The van der Waals surface area contributed by atoms with Gasteiger partial charge in [0.1, 0.15) is 0 Å². The Morgan fingerprint density at radius 2 is 2.08 bits per heavy atom. The summed E-state index contributed by atoms with van der Waals surface area (Å²) < 4.78 is 5.10. The Hall–Kier alpha value is -0.610. The molecule has 0 saturated heterocycles. The highest BCUT2D eigenvalue weighted by Crippen LogP contribution is 2.18. The van der Waals surface area contributed by atoms with E-state index in [0.717, 1.165) is 6.42 Å². The van der Waals surface area contributed by atoms with E-state index in [1.165, 1.54) is 0 Å². The molecule has 0 fully saturated rings. The number of aliphatic carboxylic acids is 1. The van der Waals surface area contributed by atoms with Gasteiger partial charge in [0.05, 0.1) is 0 Å².